The zero-order valence-corrected chi connectivity index (χ0v) is 11.9. The summed E-state index contributed by atoms with van der Waals surface area (Å²) in [5, 5.41) is 0. The van der Waals surface area contributed by atoms with Crippen molar-refractivity contribution >= 4 is 21.7 Å². The van der Waals surface area contributed by atoms with Crippen molar-refractivity contribution in [3.05, 3.63) is 24.0 Å². The maximum atomic E-state index is 13.0. The van der Waals surface area contributed by atoms with Crippen LogP contribution in [-0.2, 0) is 19.6 Å². The smallest absolute Gasteiger partial charge is 0.305 e. The Morgan fingerprint density at radius 3 is 2.80 bits per heavy atom. The van der Waals surface area contributed by atoms with Gasteiger partial charge in [-0.05, 0) is 31.5 Å². The highest BCUT2D eigenvalue weighted by atomic mass is 32.2. The zero-order chi connectivity index (χ0) is 15.2. The Balaban J connectivity index is 2.58. The lowest BCUT2D eigenvalue weighted by Gasteiger charge is -2.09. The summed E-state index contributed by atoms with van der Waals surface area (Å²) in [7, 11) is -3.89. The second kappa shape index (κ2) is 7.20. The largest absolute Gasteiger partial charge is 0.466 e. The van der Waals surface area contributed by atoms with Crippen LogP contribution in [0.2, 0.25) is 0 Å². The Morgan fingerprint density at radius 1 is 1.45 bits per heavy atom. The number of anilines is 1. The molecule has 0 aromatic heterocycles. The normalized spacial score (nSPS) is 11.3. The summed E-state index contributed by atoms with van der Waals surface area (Å²) in [6.07, 6.45) is 0.391. The van der Waals surface area contributed by atoms with E-state index in [0.717, 1.165) is 12.1 Å². The van der Waals surface area contributed by atoms with E-state index in [1.807, 2.05) is 0 Å². The number of esters is 1. The van der Waals surface area contributed by atoms with Gasteiger partial charge in [0.05, 0.1) is 12.3 Å². The number of nitrogens with one attached hydrogen (secondary N) is 1. The van der Waals surface area contributed by atoms with Crippen LogP contribution in [-0.4, -0.2) is 27.5 Å². The summed E-state index contributed by atoms with van der Waals surface area (Å²) >= 11 is 0. The van der Waals surface area contributed by atoms with Crippen molar-refractivity contribution in [1.29, 1.82) is 0 Å². The van der Waals surface area contributed by atoms with Gasteiger partial charge in [-0.25, -0.2) is 17.5 Å². The monoisotopic (exact) mass is 304 g/mol. The lowest BCUT2D eigenvalue weighted by Crippen LogP contribution is -2.26. The van der Waals surface area contributed by atoms with E-state index in [1.165, 1.54) is 6.07 Å². The second-order valence-corrected chi connectivity index (χ2v) is 5.72. The van der Waals surface area contributed by atoms with E-state index in [-0.39, 0.29) is 36.6 Å². The molecule has 0 saturated heterocycles. The van der Waals surface area contributed by atoms with Crippen LogP contribution < -0.4 is 10.5 Å². The van der Waals surface area contributed by atoms with Crippen LogP contribution >= 0.6 is 0 Å². The van der Waals surface area contributed by atoms with E-state index >= 15 is 0 Å². The first-order chi connectivity index (χ1) is 9.36. The minimum Gasteiger partial charge on any atom is -0.466 e. The van der Waals surface area contributed by atoms with Gasteiger partial charge >= 0.3 is 5.97 Å². The predicted octanol–water partition coefficient (Wildman–Crippen LogP) is 1.03. The number of nitrogens with two attached hydrogens (primary N) is 1. The van der Waals surface area contributed by atoms with Gasteiger partial charge in [0.25, 0.3) is 0 Å². The van der Waals surface area contributed by atoms with E-state index in [1.54, 1.807) is 6.92 Å². The molecule has 8 heteroatoms. The summed E-state index contributed by atoms with van der Waals surface area (Å²) in [5.41, 5.74) is 5.47. The summed E-state index contributed by atoms with van der Waals surface area (Å²) in [6.45, 7) is 2.01. The Hall–Kier alpha value is -1.67. The molecule has 0 unspecified atom stereocenters. The Bertz CT molecular complexity index is 575. The van der Waals surface area contributed by atoms with Gasteiger partial charge in [-0.1, -0.05) is 0 Å². The predicted molar refractivity (Wildman–Crippen MR) is 71.9 cm³/mol. The molecule has 0 amide bonds. The molecule has 1 aromatic rings. The highest BCUT2D eigenvalue weighted by molar-refractivity contribution is 7.89. The number of ether oxygens (including phenoxy) is 1. The molecule has 0 fully saturated rings. The van der Waals surface area contributed by atoms with E-state index in [0.29, 0.717) is 0 Å². The minimum atomic E-state index is -3.89. The third-order valence-electron chi connectivity index (χ3n) is 2.42. The molecule has 0 spiro atoms. The van der Waals surface area contributed by atoms with Crippen LogP contribution in [0.5, 0.6) is 0 Å². The molecular weight excluding hydrogens is 287 g/mol. The van der Waals surface area contributed by atoms with Gasteiger partial charge < -0.3 is 10.5 Å². The first-order valence-electron chi connectivity index (χ1n) is 6.07. The van der Waals surface area contributed by atoms with Crippen molar-refractivity contribution in [3.8, 4) is 0 Å². The molecule has 1 rings (SSSR count). The molecule has 6 nitrogen and oxygen atoms in total. The van der Waals surface area contributed by atoms with E-state index in [2.05, 4.69) is 4.72 Å². The molecule has 0 aliphatic rings. The molecule has 0 atom stereocenters. The molecule has 0 bridgehead atoms. The van der Waals surface area contributed by atoms with Crippen LogP contribution in [0, 0.1) is 5.82 Å². The van der Waals surface area contributed by atoms with Crippen LogP contribution in [0.3, 0.4) is 0 Å². The summed E-state index contributed by atoms with van der Waals surface area (Å²) in [4.78, 5) is 10.8. The SMILES string of the molecule is CCOC(=O)CCCNS(=O)(=O)c1cc(F)ccc1N. The van der Waals surface area contributed by atoms with Crippen LogP contribution in [0.4, 0.5) is 10.1 Å². The minimum absolute atomic E-state index is 0.0377. The molecule has 0 radical (unpaired) electrons. The lowest BCUT2D eigenvalue weighted by atomic mass is 10.3. The lowest BCUT2D eigenvalue weighted by molar-refractivity contribution is -0.143. The van der Waals surface area contributed by atoms with Crippen LogP contribution in [0.15, 0.2) is 23.1 Å². The van der Waals surface area contributed by atoms with Crippen LogP contribution in [0.25, 0.3) is 0 Å². The molecule has 0 saturated carbocycles. The highest BCUT2D eigenvalue weighted by Gasteiger charge is 2.17. The fourth-order valence-electron chi connectivity index (χ4n) is 1.49. The van der Waals surface area contributed by atoms with Crippen molar-refractivity contribution < 1.29 is 22.3 Å². The highest BCUT2D eigenvalue weighted by Crippen LogP contribution is 2.18. The third kappa shape index (κ3) is 4.78. The van der Waals surface area contributed by atoms with Gasteiger partial charge in [0.2, 0.25) is 10.0 Å². The number of carbonyl (C=O) groups excluding carboxylic acids is 1. The number of hydrogen-bond donors (Lipinski definition) is 2. The number of benzene rings is 1. The molecular formula is C12H17FN2O4S. The topological polar surface area (TPSA) is 98.5 Å². The Kier molecular flexibility index (Phi) is 5.90. The molecule has 3 N–H and O–H groups in total. The quantitative estimate of drug-likeness (QED) is 0.445. The number of rotatable bonds is 7. The average Bonchev–Trinajstić information content (AvgIpc) is 2.38. The first kappa shape index (κ1) is 16.4. The summed E-state index contributed by atoms with van der Waals surface area (Å²) in [5.74, 6) is -1.08. The fourth-order valence-corrected chi connectivity index (χ4v) is 2.71. The molecule has 0 heterocycles. The summed E-state index contributed by atoms with van der Waals surface area (Å²) in [6, 6.07) is 3.11. The molecule has 0 aliphatic carbocycles. The number of sulfonamides is 1. The summed E-state index contributed by atoms with van der Waals surface area (Å²) < 4.78 is 43.8. The molecule has 1 aromatic carbocycles. The number of nitrogen functional groups attached to an aromatic ring is 1. The second-order valence-electron chi connectivity index (χ2n) is 3.99. The van der Waals surface area contributed by atoms with Crippen molar-refractivity contribution in [3.63, 3.8) is 0 Å². The molecule has 112 valence electrons. The molecule has 20 heavy (non-hydrogen) atoms. The van der Waals surface area contributed by atoms with Crippen LogP contribution in [0.1, 0.15) is 19.8 Å². The van der Waals surface area contributed by atoms with Crippen molar-refractivity contribution in [2.75, 3.05) is 18.9 Å². The van der Waals surface area contributed by atoms with Gasteiger partial charge in [0.1, 0.15) is 10.7 Å². The fraction of sp³-hybridized carbons (Fsp3) is 0.417. The average molecular weight is 304 g/mol. The Labute approximate surface area is 117 Å². The Morgan fingerprint density at radius 2 is 2.15 bits per heavy atom. The van der Waals surface area contributed by atoms with Crippen molar-refractivity contribution in [2.45, 2.75) is 24.7 Å². The van der Waals surface area contributed by atoms with E-state index in [4.69, 9.17) is 10.5 Å². The van der Waals surface area contributed by atoms with Gasteiger partial charge in [-0.2, -0.15) is 0 Å². The third-order valence-corrected chi connectivity index (χ3v) is 3.94. The van der Waals surface area contributed by atoms with E-state index in [9.17, 15) is 17.6 Å². The van der Waals surface area contributed by atoms with Gasteiger partial charge in [-0.15, -0.1) is 0 Å². The number of halogens is 1. The number of hydrogen-bond acceptors (Lipinski definition) is 5. The first-order valence-corrected chi connectivity index (χ1v) is 7.55. The standard InChI is InChI=1S/C12H17FN2O4S/c1-2-19-12(16)4-3-7-15-20(17,18)11-8-9(13)5-6-10(11)14/h5-6,8,15H,2-4,7,14H2,1H3. The number of carbonyl (C=O) groups is 1. The van der Waals surface area contributed by atoms with E-state index < -0.39 is 21.8 Å². The molecule has 0 aliphatic heterocycles. The van der Waals surface area contributed by atoms with Gasteiger partial charge in [-0.3, -0.25) is 4.79 Å². The maximum absolute atomic E-state index is 13.0. The van der Waals surface area contributed by atoms with Gasteiger partial charge in [0, 0.05) is 13.0 Å². The zero-order valence-electron chi connectivity index (χ0n) is 11.1. The van der Waals surface area contributed by atoms with Crippen molar-refractivity contribution in [2.24, 2.45) is 0 Å². The maximum Gasteiger partial charge on any atom is 0.305 e. The van der Waals surface area contributed by atoms with Crippen molar-refractivity contribution in [1.82, 2.24) is 4.72 Å². The van der Waals surface area contributed by atoms with Gasteiger partial charge in [0.15, 0.2) is 0 Å².